The summed E-state index contributed by atoms with van der Waals surface area (Å²) < 4.78 is 4.89. The van der Waals surface area contributed by atoms with Crippen molar-refractivity contribution >= 4 is 16.9 Å². The van der Waals surface area contributed by atoms with Gasteiger partial charge in [-0.05, 0) is 30.7 Å². The molecule has 0 spiro atoms. The average Bonchev–Trinajstić information content (AvgIpc) is 2.38. The van der Waals surface area contributed by atoms with Crippen molar-refractivity contribution in [2.24, 2.45) is 5.73 Å². The Labute approximate surface area is 106 Å². The second kappa shape index (κ2) is 5.60. The number of hydrogen-bond donors (Lipinski definition) is 1. The molecule has 0 aliphatic carbocycles. The van der Waals surface area contributed by atoms with Gasteiger partial charge in [0.2, 0.25) is 0 Å². The first-order valence-electron chi connectivity index (χ1n) is 5.96. The molecule has 4 nitrogen and oxygen atoms in total. The van der Waals surface area contributed by atoms with Crippen LogP contribution in [0.2, 0.25) is 0 Å². The summed E-state index contributed by atoms with van der Waals surface area (Å²) in [4.78, 5) is 15.6. The van der Waals surface area contributed by atoms with Gasteiger partial charge in [-0.15, -0.1) is 0 Å². The number of pyridine rings is 1. The van der Waals surface area contributed by atoms with Crippen molar-refractivity contribution < 1.29 is 9.53 Å². The molecule has 94 valence electrons. The summed E-state index contributed by atoms with van der Waals surface area (Å²) in [5, 5.41) is 1.02. The van der Waals surface area contributed by atoms with Gasteiger partial charge in [0.15, 0.2) is 0 Å². The van der Waals surface area contributed by atoms with E-state index in [2.05, 4.69) is 4.98 Å². The summed E-state index contributed by atoms with van der Waals surface area (Å²) in [6.07, 6.45) is 1.94. The zero-order chi connectivity index (χ0) is 13.0. The number of nitrogens with two attached hydrogens (primary N) is 1. The van der Waals surface area contributed by atoms with Gasteiger partial charge in [0.1, 0.15) is 0 Å². The minimum absolute atomic E-state index is 0.194. The highest BCUT2D eigenvalue weighted by Crippen LogP contribution is 2.19. The summed E-state index contributed by atoms with van der Waals surface area (Å²) in [6, 6.07) is 9.29. The number of benzene rings is 1. The van der Waals surface area contributed by atoms with Crippen molar-refractivity contribution in [3.63, 3.8) is 0 Å². The topological polar surface area (TPSA) is 65.2 Å². The Morgan fingerprint density at radius 3 is 3.06 bits per heavy atom. The molecule has 4 heteroatoms. The van der Waals surface area contributed by atoms with Crippen LogP contribution in [-0.4, -0.2) is 17.6 Å². The smallest absolute Gasteiger partial charge is 0.307 e. The van der Waals surface area contributed by atoms with Crippen molar-refractivity contribution in [3.8, 4) is 0 Å². The molecule has 0 saturated carbocycles. The molecule has 0 unspecified atom stereocenters. The number of carbonyl (C=O) groups is 1. The number of esters is 1. The van der Waals surface area contributed by atoms with Gasteiger partial charge in [-0.2, -0.15) is 0 Å². The number of carbonyl (C=O) groups excluding carboxylic acids is 1. The van der Waals surface area contributed by atoms with Crippen LogP contribution in [0, 0.1) is 0 Å². The fourth-order valence-corrected chi connectivity index (χ4v) is 1.84. The lowest BCUT2D eigenvalue weighted by atomic mass is 10.0. The molecular formula is C14H16N2O2. The predicted octanol–water partition coefficient (Wildman–Crippen LogP) is 2.19. The number of nitrogens with zero attached hydrogens (tertiary/aromatic N) is 1. The third-order valence-electron chi connectivity index (χ3n) is 2.75. The second-order valence-corrected chi connectivity index (χ2v) is 4.07. The summed E-state index contributed by atoms with van der Waals surface area (Å²) >= 11 is 0. The van der Waals surface area contributed by atoms with Gasteiger partial charge < -0.3 is 10.5 Å². The van der Waals surface area contributed by atoms with E-state index < -0.39 is 0 Å². The molecule has 18 heavy (non-hydrogen) atoms. The van der Waals surface area contributed by atoms with Crippen molar-refractivity contribution in [2.75, 3.05) is 6.61 Å². The van der Waals surface area contributed by atoms with E-state index >= 15 is 0 Å². The number of rotatable bonds is 4. The molecular weight excluding hydrogens is 228 g/mol. The molecule has 1 aromatic heterocycles. The Bertz CT molecular complexity index is 554. The minimum atomic E-state index is -0.339. The van der Waals surface area contributed by atoms with Crippen molar-refractivity contribution in [1.29, 1.82) is 0 Å². The SMILES string of the molecule is CCOC(=O)C[C@@H](N)c1ccc2ncccc2c1. The van der Waals surface area contributed by atoms with Crippen LogP contribution in [0.5, 0.6) is 0 Å². The van der Waals surface area contributed by atoms with E-state index in [1.807, 2.05) is 30.3 Å². The summed E-state index contributed by atoms with van der Waals surface area (Å²) in [5.41, 5.74) is 7.84. The Balaban J connectivity index is 2.17. The number of hydrogen-bond acceptors (Lipinski definition) is 4. The Kier molecular flexibility index (Phi) is 3.89. The molecule has 0 radical (unpaired) electrons. The summed E-state index contributed by atoms with van der Waals surface area (Å²) in [6.45, 7) is 2.16. The van der Waals surface area contributed by atoms with Crippen LogP contribution >= 0.6 is 0 Å². The van der Waals surface area contributed by atoms with Crippen LogP contribution < -0.4 is 5.73 Å². The van der Waals surface area contributed by atoms with Gasteiger partial charge in [-0.1, -0.05) is 12.1 Å². The van der Waals surface area contributed by atoms with E-state index in [1.54, 1.807) is 13.1 Å². The molecule has 0 aliphatic heterocycles. The molecule has 1 aromatic carbocycles. The molecule has 1 heterocycles. The lowest BCUT2D eigenvalue weighted by molar-refractivity contribution is -0.143. The maximum atomic E-state index is 11.4. The van der Waals surface area contributed by atoms with E-state index in [9.17, 15) is 4.79 Å². The number of aromatic nitrogens is 1. The van der Waals surface area contributed by atoms with E-state index in [0.717, 1.165) is 16.5 Å². The van der Waals surface area contributed by atoms with Crippen LogP contribution in [0.25, 0.3) is 10.9 Å². The van der Waals surface area contributed by atoms with Gasteiger partial charge in [0.05, 0.1) is 18.5 Å². The molecule has 0 bridgehead atoms. The predicted molar refractivity (Wildman–Crippen MR) is 69.9 cm³/mol. The normalized spacial score (nSPS) is 12.3. The highest BCUT2D eigenvalue weighted by molar-refractivity contribution is 5.79. The van der Waals surface area contributed by atoms with Crippen molar-refractivity contribution in [1.82, 2.24) is 4.98 Å². The van der Waals surface area contributed by atoms with Crippen molar-refractivity contribution in [2.45, 2.75) is 19.4 Å². The molecule has 0 aliphatic rings. The Morgan fingerprint density at radius 2 is 2.28 bits per heavy atom. The lowest BCUT2D eigenvalue weighted by Crippen LogP contribution is -2.17. The summed E-state index contributed by atoms with van der Waals surface area (Å²) in [7, 11) is 0. The second-order valence-electron chi connectivity index (χ2n) is 4.07. The first-order valence-corrected chi connectivity index (χ1v) is 5.96. The quantitative estimate of drug-likeness (QED) is 0.837. The maximum absolute atomic E-state index is 11.4. The highest BCUT2D eigenvalue weighted by Gasteiger charge is 2.12. The molecule has 0 saturated heterocycles. The van der Waals surface area contributed by atoms with Crippen LogP contribution in [0.1, 0.15) is 24.9 Å². The van der Waals surface area contributed by atoms with Gasteiger partial charge in [0, 0.05) is 17.6 Å². The first-order chi connectivity index (χ1) is 8.70. The lowest BCUT2D eigenvalue weighted by Gasteiger charge is -2.11. The zero-order valence-corrected chi connectivity index (χ0v) is 10.3. The third kappa shape index (κ3) is 2.84. The fraction of sp³-hybridized carbons (Fsp3) is 0.286. The Hall–Kier alpha value is -1.94. The van der Waals surface area contributed by atoms with E-state index in [-0.39, 0.29) is 18.4 Å². The fourth-order valence-electron chi connectivity index (χ4n) is 1.84. The third-order valence-corrected chi connectivity index (χ3v) is 2.75. The van der Waals surface area contributed by atoms with Crippen LogP contribution in [0.4, 0.5) is 0 Å². The standard InChI is InChI=1S/C14H16N2O2/c1-2-18-14(17)9-12(15)10-5-6-13-11(8-10)4-3-7-16-13/h3-8,12H,2,9,15H2,1H3/t12-/m1/s1. The molecule has 2 aromatic rings. The Morgan fingerprint density at radius 1 is 1.44 bits per heavy atom. The number of ether oxygens (including phenoxy) is 1. The van der Waals surface area contributed by atoms with Crippen molar-refractivity contribution in [3.05, 3.63) is 42.1 Å². The molecule has 0 fully saturated rings. The van der Waals surface area contributed by atoms with Crippen LogP contribution in [-0.2, 0) is 9.53 Å². The van der Waals surface area contributed by atoms with Gasteiger partial charge in [-0.3, -0.25) is 9.78 Å². The molecule has 2 N–H and O–H groups in total. The average molecular weight is 244 g/mol. The van der Waals surface area contributed by atoms with Crippen LogP contribution in [0.3, 0.4) is 0 Å². The van der Waals surface area contributed by atoms with Gasteiger partial charge >= 0.3 is 5.97 Å². The van der Waals surface area contributed by atoms with E-state index in [4.69, 9.17) is 10.5 Å². The van der Waals surface area contributed by atoms with Gasteiger partial charge in [0.25, 0.3) is 0 Å². The first kappa shape index (κ1) is 12.5. The van der Waals surface area contributed by atoms with E-state index in [1.165, 1.54) is 0 Å². The highest BCUT2D eigenvalue weighted by atomic mass is 16.5. The minimum Gasteiger partial charge on any atom is -0.466 e. The maximum Gasteiger partial charge on any atom is 0.307 e. The van der Waals surface area contributed by atoms with Gasteiger partial charge in [-0.25, -0.2) is 0 Å². The molecule has 2 rings (SSSR count). The number of fused-ring (bicyclic) bond motifs is 1. The largest absolute Gasteiger partial charge is 0.466 e. The van der Waals surface area contributed by atoms with Crippen LogP contribution in [0.15, 0.2) is 36.5 Å². The summed E-state index contributed by atoms with van der Waals surface area (Å²) in [5.74, 6) is -0.267. The molecule has 0 amide bonds. The monoisotopic (exact) mass is 244 g/mol. The zero-order valence-electron chi connectivity index (χ0n) is 10.3. The molecule has 1 atom stereocenters. The van der Waals surface area contributed by atoms with E-state index in [0.29, 0.717) is 6.61 Å².